The molecule has 1 fully saturated rings. The van der Waals surface area contributed by atoms with Crippen LogP contribution in [-0.4, -0.2) is 37.6 Å². The molecule has 2 aromatic carbocycles. The van der Waals surface area contributed by atoms with Crippen molar-refractivity contribution in [3.8, 4) is 5.75 Å². The molecule has 30 heavy (non-hydrogen) atoms. The number of aliphatic imine (C=N–C) groups is 1. The number of hydrogen-bond donors (Lipinski definition) is 3. The van der Waals surface area contributed by atoms with Gasteiger partial charge in [0.2, 0.25) is 0 Å². The van der Waals surface area contributed by atoms with E-state index in [2.05, 4.69) is 45.2 Å². The number of nitrogens with one attached hydrogen (secondary N) is 3. The predicted molar refractivity (Wildman–Crippen MR) is 123 cm³/mol. The summed E-state index contributed by atoms with van der Waals surface area (Å²) < 4.78 is 5.62. The number of carbonyl (C=O) groups is 1. The van der Waals surface area contributed by atoms with Crippen molar-refractivity contribution in [1.29, 1.82) is 0 Å². The number of hydrogen-bond acceptors (Lipinski definition) is 5. The van der Waals surface area contributed by atoms with E-state index in [1.54, 1.807) is 0 Å². The number of ether oxygens (including phenoxy) is 1. The number of guanidine groups is 1. The average molecular weight is 429 g/mol. The zero-order chi connectivity index (χ0) is 19.9. The Bertz CT molecular complexity index is 847. The van der Waals surface area contributed by atoms with Crippen molar-refractivity contribution in [2.75, 3.05) is 25.0 Å². The molecule has 160 valence electrons. The summed E-state index contributed by atoms with van der Waals surface area (Å²) in [6, 6.07) is 16.7. The van der Waals surface area contributed by atoms with E-state index in [4.69, 9.17) is 4.74 Å². The molecule has 6 nitrogen and oxygen atoms in total. The van der Waals surface area contributed by atoms with Crippen LogP contribution in [0.2, 0.25) is 0 Å². The Labute approximate surface area is 183 Å². The van der Waals surface area contributed by atoms with Crippen LogP contribution < -0.4 is 20.7 Å². The van der Waals surface area contributed by atoms with Gasteiger partial charge in [0, 0.05) is 18.3 Å². The quantitative estimate of drug-likeness (QED) is 0.630. The largest absolute Gasteiger partial charge is 0.484 e. The first-order valence-corrected chi connectivity index (χ1v) is 10.4. The summed E-state index contributed by atoms with van der Waals surface area (Å²) in [5, 5.41) is 9.52. The van der Waals surface area contributed by atoms with Gasteiger partial charge in [-0.25, -0.2) is 0 Å². The second kappa shape index (κ2) is 10.9. The Hall–Kier alpha value is -2.73. The number of nitrogens with zero attached hydrogens (tertiary/aromatic N) is 1. The number of benzene rings is 2. The fourth-order valence-corrected chi connectivity index (χ4v) is 3.75. The Morgan fingerprint density at radius 3 is 2.33 bits per heavy atom. The SMILES string of the molecule is Cl.O=C(COc1ccc(Cc2ccc(NC3=NCCN3)cc2)cc1)NC1CCCC1. The predicted octanol–water partition coefficient (Wildman–Crippen LogP) is 3.51. The summed E-state index contributed by atoms with van der Waals surface area (Å²) in [5.41, 5.74) is 3.47. The van der Waals surface area contributed by atoms with Gasteiger partial charge in [-0.15, -0.1) is 12.4 Å². The first kappa shape index (κ1) is 22.0. The topological polar surface area (TPSA) is 74.8 Å². The fourth-order valence-electron chi connectivity index (χ4n) is 3.75. The lowest BCUT2D eigenvalue weighted by Gasteiger charge is -2.12. The summed E-state index contributed by atoms with van der Waals surface area (Å²) in [6.45, 7) is 1.79. The summed E-state index contributed by atoms with van der Waals surface area (Å²) in [4.78, 5) is 16.3. The first-order chi connectivity index (χ1) is 14.2. The summed E-state index contributed by atoms with van der Waals surface area (Å²) in [7, 11) is 0. The molecule has 0 spiro atoms. The van der Waals surface area contributed by atoms with Gasteiger partial charge >= 0.3 is 0 Å². The van der Waals surface area contributed by atoms with Crippen molar-refractivity contribution < 1.29 is 9.53 Å². The summed E-state index contributed by atoms with van der Waals surface area (Å²) in [5.74, 6) is 1.53. The second-order valence-corrected chi connectivity index (χ2v) is 7.64. The molecule has 4 rings (SSSR count). The highest BCUT2D eigenvalue weighted by Gasteiger charge is 2.17. The van der Waals surface area contributed by atoms with Crippen LogP contribution in [0.4, 0.5) is 5.69 Å². The van der Waals surface area contributed by atoms with Crippen LogP contribution in [0.3, 0.4) is 0 Å². The molecule has 2 aliphatic rings. The molecule has 1 aliphatic heterocycles. The number of carbonyl (C=O) groups excluding carboxylic acids is 1. The third-order valence-corrected chi connectivity index (χ3v) is 5.31. The van der Waals surface area contributed by atoms with Gasteiger partial charge in [0.15, 0.2) is 12.6 Å². The molecule has 0 aromatic heterocycles. The van der Waals surface area contributed by atoms with E-state index >= 15 is 0 Å². The molecule has 0 radical (unpaired) electrons. The fraction of sp³-hybridized carbons (Fsp3) is 0.391. The number of halogens is 1. The Kier molecular flexibility index (Phi) is 7.97. The minimum absolute atomic E-state index is 0. The van der Waals surface area contributed by atoms with Gasteiger partial charge < -0.3 is 20.7 Å². The van der Waals surface area contributed by atoms with Crippen LogP contribution in [0.5, 0.6) is 5.75 Å². The van der Waals surface area contributed by atoms with Crippen LogP contribution >= 0.6 is 12.4 Å². The van der Waals surface area contributed by atoms with Crippen molar-refractivity contribution in [3.63, 3.8) is 0 Å². The van der Waals surface area contributed by atoms with Crippen LogP contribution in [0, 0.1) is 0 Å². The molecule has 0 atom stereocenters. The van der Waals surface area contributed by atoms with Crippen LogP contribution in [0.1, 0.15) is 36.8 Å². The molecule has 0 bridgehead atoms. The van der Waals surface area contributed by atoms with E-state index in [1.807, 2.05) is 24.3 Å². The molecule has 2 aromatic rings. The van der Waals surface area contributed by atoms with E-state index in [0.717, 1.165) is 49.7 Å². The third kappa shape index (κ3) is 6.39. The van der Waals surface area contributed by atoms with Gasteiger partial charge in [-0.05, 0) is 54.7 Å². The van der Waals surface area contributed by atoms with Gasteiger partial charge in [-0.2, -0.15) is 0 Å². The minimum Gasteiger partial charge on any atom is -0.484 e. The maximum atomic E-state index is 12.0. The molecular formula is C23H29ClN4O2. The van der Waals surface area contributed by atoms with Gasteiger partial charge in [0.1, 0.15) is 5.75 Å². The standard InChI is InChI=1S/C23H28N4O2.ClH/c28-22(26-19-3-1-2-4-19)16-29-21-11-7-18(8-12-21)15-17-5-9-20(10-6-17)27-23-24-13-14-25-23;/h5-12,19H,1-4,13-16H2,(H,26,28)(H2,24,25,27);1H. The smallest absolute Gasteiger partial charge is 0.258 e. The molecule has 1 amide bonds. The highest BCUT2D eigenvalue weighted by molar-refractivity contribution is 5.94. The maximum Gasteiger partial charge on any atom is 0.258 e. The minimum atomic E-state index is -0.0338. The zero-order valence-electron chi connectivity index (χ0n) is 17.0. The summed E-state index contributed by atoms with van der Waals surface area (Å²) in [6.07, 6.45) is 5.44. The molecule has 1 saturated carbocycles. The lowest BCUT2D eigenvalue weighted by molar-refractivity contribution is -0.123. The molecular weight excluding hydrogens is 400 g/mol. The molecule has 0 unspecified atom stereocenters. The van der Waals surface area contributed by atoms with Gasteiger partial charge in [-0.3, -0.25) is 9.79 Å². The van der Waals surface area contributed by atoms with E-state index < -0.39 is 0 Å². The van der Waals surface area contributed by atoms with Crippen molar-refractivity contribution in [2.45, 2.75) is 38.1 Å². The van der Waals surface area contributed by atoms with E-state index in [1.165, 1.54) is 24.0 Å². The van der Waals surface area contributed by atoms with E-state index in [9.17, 15) is 4.79 Å². The Morgan fingerprint density at radius 1 is 1.03 bits per heavy atom. The molecule has 1 aliphatic carbocycles. The van der Waals surface area contributed by atoms with Crippen molar-refractivity contribution in [2.24, 2.45) is 4.99 Å². The monoisotopic (exact) mass is 428 g/mol. The molecule has 7 heteroatoms. The van der Waals surface area contributed by atoms with Gasteiger partial charge in [0.25, 0.3) is 5.91 Å². The number of anilines is 1. The van der Waals surface area contributed by atoms with Crippen molar-refractivity contribution in [3.05, 3.63) is 59.7 Å². The Balaban J connectivity index is 0.00000256. The number of amides is 1. The Morgan fingerprint density at radius 2 is 1.70 bits per heavy atom. The third-order valence-electron chi connectivity index (χ3n) is 5.31. The van der Waals surface area contributed by atoms with Crippen LogP contribution in [0.15, 0.2) is 53.5 Å². The van der Waals surface area contributed by atoms with Gasteiger partial charge in [0.05, 0.1) is 6.54 Å². The maximum absolute atomic E-state index is 12.0. The second-order valence-electron chi connectivity index (χ2n) is 7.64. The van der Waals surface area contributed by atoms with E-state index in [-0.39, 0.29) is 24.9 Å². The summed E-state index contributed by atoms with van der Waals surface area (Å²) >= 11 is 0. The lowest BCUT2D eigenvalue weighted by atomic mass is 10.0. The average Bonchev–Trinajstić information content (AvgIpc) is 3.43. The van der Waals surface area contributed by atoms with Crippen LogP contribution in [0.25, 0.3) is 0 Å². The highest BCUT2D eigenvalue weighted by Crippen LogP contribution is 2.19. The molecule has 1 heterocycles. The van der Waals surface area contributed by atoms with Crippen molar-refractivity contribution >= 4 is 30.0 Å². The highest BCUT2D eigenvalue weighted by atomic mass is 35.5. The lowest BCUT2D eigenvalue weighted by Crippen LogP contribution is -2.36. The first-order valence-electron chi connectivity index (χ1n) is 10.4. The van der Waals surface area contributed by atoms with Gasteiger partial charge in [-0.1, -0.05) is 37.1 Å². The normalized spacial score (nSPS) is 15.7. The zero-order valence-corrected chi connectivity index (χ0v) is 17.8. The van der Waals surface area contributed by atoms with Crippen LogP contribution in [-0.2, 0) is 11.2 Å². The molecule has 0 saturated heterocycles. The molecule has 3 N–H and O–H groups in total. The van der Waals surface area contributed by atoms with E-state index in [0.29, 0.717) is 6.04 Å². The number of rotatable bonds is 7. The van der Waals surface area contributed by atoms with Crippen molar-refractivity contribution in [1.82, 2.24) is 10.6 Å².